The molecule has 0 saturated heterocycles. The molecule has 0 atom stereocenters. The highest BCUT2D eigenvalue weighted by Gasteiger charge is 2.13. The van der Waals surface area contributed by atoms with Crippen LogP contribution in [0.5, 0.6) is 0 Å². The van der Waals surface area contributed by atoms with Gasteiger partial charge in [0.2, 0.25) is 0 Å². The SMILES string of the molecule is Cc1ccc(C)c2sc(NC(=O)c3ccc(Br)s3)nc12. The lowest BCUT2D eigenvalue weighted by molar-refractivity contribution is 0.103. The van der Waals surface area contributed by atoms with Gasteiger partial charge in [-0.1, -0.05) is 23.5 Å². The van der Waals surface area contributed by atoms with Crippen LogP contribution in [0.15, 0.2) is 28.1 Å². The molecule has 2 aromatic heterocycles. The maximum atomic E-state index is 12.1. The van der Waals surface area contributed by atoms with Gasteiger partial charge in [0, 0.05) is 0 Å². The van der Waals surface area contributed by atoms with Gasteiger partial charge in [-0.3, -0.25) is 10.1 Å². The highest BCUT2D eigenvalue weighted by molar-refractivity contribution is 9.11. The van der Waals surface area contributed by atoms with Crippen molar-refractivity contribution in [3.05, 3.63) is 44.1 Å². The molecule has 102 valence electrons. The number of nitrogens with one attached hydrogen (secondary N) is 1. The number of amides is 1. The Morgan fingerprint density at radius 2 is 1.90 bits per heavy atom. The third kappa shape index (κ3) is 2.51. The Morgan fingerprint density at radius 1 is 1.15 bits per heavy atom. The molecule has 0 spiro atoms. The Kier molecular flexibility index (Phi) is 3.62. The van der Waals surface area contributed by atoms with Gasteiger partial charge in [0.15, 0.2) is 5.13 Å². The summed E-state index contributed by atoms with van der Waals surface area (Å²) in [7, 11) is 0. The van der Waals surface area contributed by atoms with E-state index in [1.54, 1.807) is 6.07 Å². The monoisotopic (exact) mass is 366 g/mol. The summed E-state index contributed by atoms with van der Waals surface area (Å²) < 4.78 is 2.08. The maximum absolute atomic E-state index is 12.1. The van der Waals surface area contributed by atoms with Crippen LogP contribution in [0.2, 0.25) is 0 Å². The van der Waals surface area contributed by atoms with Gasteiger partial charge in [-0.2, -0.15) is 0 Å². The number of hydrogen-bond donors (Lipinski definition) is 1. The normalized spacial score (nSPS) is 10.9. The average Bonchev–Trinajstić information content (AvgIpc) is 3.01. The molecule has 6 heteroatoms. The standard InChI is InChI=1S/C14H11BrN2OS2/c1-7-3-4-8(2)12-11(7)16-14(20-12)17-13(18)9-5-6-10(15)19-9/h3-6H,1-2H3,(H,16,17,18). The number of rotatable bonds is 2. The van der Waals surface area contributed by atoms with E-state index in [2.05, 4.69) is 45.3 Å². The van der Waals surface area contributed by atoms with Gasteiger partial charge in [-0.25, -0.2) is 4.98 Å². The van der Waals surface area contributed by atoms with Crippen LogP contribution in [0, 0.1) is 13.8 Å². The van der Waals surface area contributed by atoms with Crippen LogP contribution in [0.1, 0.15) is 20.8 Å². The summed E-state index contributed by atoms with van der Waals surface area (Å²) in [5.74, 6) is -0.116. The first-order valence-electron chi connectivity index (χ1n) is 5.98. The summed E-state index contributed by atoms with van der Waals surface area (Å²) in [4.78, 5) is 17.3. The minimum absolute atomic E-state index is 0.116. The molecule has 0 aliphatic rings. The fourth-order valence-corrected chi connectivity index (χ4v) is 4.20. The highest BCUT2D eigenvalue weighted by atomic mass is 79.9. The third-order valence-electron chi connectivity index (χ3n) is 2.96. The Hall–Kier alpha value is -1.24. The van der Waals surface area contributed by atoms with E-state index in [-0.39, 0.29) is 5.91 Å². The van der Waals surface area contributed by atoms with Crippen LogP contribution in [0.4, 0.5) is 5.13 Å². The second kappa shape index (κ2) is 5.27. The molecule has 20 heavy (non-hydrogen) atoms. The average molecular weight is 367 g/mol. The zero-order chi connectivity index (χ0) is 14.3. The van der Waals surface area contributed by atoms with Crippen LogP contribution in [-0.2, 0) is 0 Å². The van der Waals surface area contributed by atoms with Crippen molar-refractivity contribution >= 4 is 59.9 Å². The van der Waals surface area contributed by atoms with E-state index in [1.807, 2.05) is 13.0 Å². The van der Waals surface area contributed by atoms with Gasteiger partial charge in [0.1, 0.15) is 0 Å². The molecule has 3 aromatic rings. The van der Waals surface area contributed by atoms with Gasteiger partial charge in [-0.05, 0) is 53.0 Å². The Balaban J connectivity index is 1.93. The molecule has 2 heterocycles. The van der Waals surface area contributed by atoms with E-state index in [9.17, 15) is 4.79 Å². The number of carbonyl (C=O) groups is 1. The van der Waals surface area contributed by atoms with Crippen molar-refractivity contribution in [2.45, 2.75) is 13.8 Å². The highest BCUT2D eigenvalue weighted by Crippen LogP contribution is 2.31. The van der Waals surface area contributed by atoms with Crippen molar-refractivity contribution in [3.63, 3.8) is 0 Å². The number of hydrogen-bond acceptors (Lipinski definition) is 4. The first-order valence-corrected chi connectivity index (χ1v) is 8.40. The minimum Gasteiger partial charge on any atom is -0.297 e. The minimum atomic E-state index is -0.116. The van der Waals surface area contributed by atoms with Crippen molar-refractivity contribution < 1.29 is 4.79 Å². The first-order chi connectivity index (χ1) is 9.54. The molecule has 0 aliphatic heterocycles. The van der Waals surface area contributed by atoms with Crippen LogP contribution in [0.3, 0.4) is 0 Å². The zero-order valence-corrected chi connectivity index (χ0v) is 14.1. The summed E-state index contributed by atoms with van der Waals surface area (Å²) in [6.45, 7) is 4.09. The van der Waals surface area contributed by atoms with Crippen LogP contribution in [-0.4, -0.2) is 10.9 Å². The number of carbonyl (C=O) groups excluding carboxylic acids is 1. The van der Waals surface area contributed by atoms with Crippen molar-refractivity contribution in [2.75, 3.05) is 5.32 Å². The summed E-state index contributed by atoms with van der Waals surface area (Å²) in [6, 6.07) is 7.80. The molecule has 0 saturated carbocycles. The predicted octanol–water partition coefficient (Wildman–Crippen LogP) is 4.99. The fraction of sp³-hybridized carbons (Fsp3) is 0.143. The Morgan fingerprint density at radius 3 is 2.55 bits per heavy atom. The topological polar surface area (TPSA) is 42.0 Å². The smallest absolute Gasteiger partial charge is 0.267 e. The van der Waals surface area contributed by atoms with E-state index in [0.29, 0.717) is 10.0 Å². The van der Waals surface area contributed by atoms with Crippen molar-refractivity contribution in [1.82, 2.24) is 4.98 Å². The molecule has 1 N–H and O–H groups in total. The molecular weight excluding hydrogens is 356 g/mol. The van der Waals surface area contributed by atoms with Gasteiger partial charge >= 0.3 is 0 Å². The van der Waals surface area contributed by atoms with Gasteiger partial charge < -0.3 is 0 Å². The third-order valence-corrected chi connectivity index (χ3v) is 5.69. The lowest BCUT2D eigenvalue weighted by Gasteiger charge is -1.97. The van der Waals surface area contributed by atoms with E-state index in [4.69, 9.17) is 0 Å². The van der Waals surface area contributed by atoms with Crippen molar-refractivity contribution in [1.29, 1.82) is 0 Å². The summed E-state index contributed by atoms with van der Waals surface area (Å²) >= 11 is 6.29. The molecule has 0 unspecified atom stereocenters. The van der Waals surface area contributed by atoms with Crippen molar-refractivity contribution in [2.24, 2.45) is 0 Å². The van der Waals surface area contributed by atoms with E-state index in [1.165, 1.54) is 28.2 Å². The van der Waals surface area contributed by atoms with Crippen LogP contribution >= 0.6 is 38.6 Å². The number of thiazole rings is 1. The second-order valence-electron chi connectivity index (χ2n) is 4.45. The quantitative estimate of drug-likeness (QED) is 0.693. The van der Waals surface area contributed by atoms with Crippen LogP contribution < -0.4 is 5.32 Å². The molecule has 3 nitrogen and oxygen atoms in total. The number of halogens is 1. The van der Waals surface area contributed by atoms with Gasteiger partial charge in [-0.15, -0.1) is 11.3 Å². The molecule has 0 fully saturated rings. The van der Waals surface area contributed by atoms with Crippen molar-refractivity contribution in [3.8, 4) is 0 Å². The van der Waals surface area contributed by atoms with Gasteiger partial charge in [0.05, 0.1) is 18.9 Å². The van der Waals surface area contributed by atoms with Gasteiger partial charge in [0.25, 0.3) is 5.91 Å². The summed E-state index contributed by atoms with van der Waals surface area (Å²) in [6.07, 6.45) is 0. The zero-order valence-electron chi connectivity index (χ0n) is 10.9. The number of fused-ring (bicyclic) bond motifs is 1. The second-order valence-corrected chi connectivity index (χ2v) is 7.92. The number of anilines is 1. The lowest BCUT2D eigenvalue weighted by atomic mass is 10.1. The molecule has 0 aliphatic carbocycles. The Bertz CT molecular complexity index is 768. The molecule has 1 amide bonds. The molecule has 0 bridgehead atoms. The number of thiophene rings is 1. The summed E-state index contributed by atoms with van der Waals surface area (Å²) in [5.41, 5.74) is 3.28. The number of aromatic nitrogens is 1. The molecule has 3 rings (SSSR count). The Labute approximate surface area is 132 Å². The summed E-state index contributed by atoms with van der Waals surface area (Å²) in [5, 5.41) is 3.52. The van der Waals surface area contributed by atoms with E-state index in [0.717, 1.165) is 19.6 Å². The molecule has 1 aromatic carbocycles. The number of aryl methyl sites for hydroxylation is 2. The molecular formula is C14H11BrN2OS2. The lowest BCUT2D eigenvalue weighted by Crippen LogP contribution is -2.09. The number of benzene rings is 1. The van der Waals surface area contributed by atoms with E-state index >= 15 is 0 Å². The maximum Gasteiger partial charge on any atom is 0.267 e. The number of nitrogens with zero attached hydrogens (tertiary/aromatic N) is 1. The molecule has 0 radical (unpaired) electrons. The first kappa shape index (κ1) is 13.7. The largest absolute Gasteiger partial charge is 0.297 e. The van der Waals surface area contributed by atoms with E-state index < -0.39 is 0 Å². The van der Waals surface area contributed by atoms with Crippen LogP contribution in [0.25, 0.3) is 10.2 Å². The fourth-order valence-electron chi connectivity index (χ4n) is 1.91. The predicted molar refractivity (Wildman–Crippen MR) is 89.1 cm³/mol.